The Morgan fingerprint density at radius 2 is 2.04 bits per heavy atom. The number of nitriles is 1. The molecule has 25 heavy (non-hydrogen) atoms. The predicted molar refractivity (Wildman–Crippen MR) is 101 cm³/mol. The average molecular weight is 339 g/mol. The van der Waals surface area contributed by atoms with E-state index in [0.29, 0.717) is 0 Å². The summed E-state index contributed by atoms with van der Waals surface area (Å²) < 4.78 is 5.70. The maximum atomic E-state index is 9.46. The quantitative estimate of drug-likeness (QED) is 0.463. The van der Waals surface area contributed by atoms with Crippen molar-refractivity contribution >= 4 is 5.69 Å². The van der Waals surface area contributed by atoms with Crippen LogP contribution in [-0.2, 0) is 4.74 Å². The Kier molecular flexibility index (Phi) is 6.50. The highest BCUT2D eigenvalue weighted by atomic mass is 16.5. The maximum Gasteiger partial charge on any atom is 0.0885 e. The molecular formula is C21H29N3O. The molecule has 134 valence electrons. The van der Waals surface area contributed by atoms with Crippen LogP contribution in [0.5, 0.6) is 0 Å². The van der Waals surface area contributed by atoms with Crippen molar-refractivity contribution in [3.8, 4) is 6.07 Å². The molecule has 4 atom stereocenters. The summed E-state index contributed by atoms with van der Waals surface area (Å²) in [5.74, 6) is 0.234. The number of ether oxygens (including phenoxy) is 1. The molecule has 0 fully saturated rings. The molecule has 1 aliphatic rings. The summed E-state index contributed by atoms with van der Waals surface area (Å²) in [5.41, 5.74) is 0.105. The molecule has 0 bridgehead atoms. The Labute approximate surface area is 151 Å². The fourth-order valence-electron chi connectivity index (χ4n) is 3.57. The first-order valence-electron chi connectivity index (χ1n) is 9.07. The molecule has 0 amide bonds. The van der Waals surface area contributed by atoms with E-state index >= 15 is 0 Å². The molecule has 0 heterocycles. The van der Waals surface area contributed by atoms with Crippen molar-refractivity contribution in [2.45, 2.75) is 57.6 Å². The Balaban J connectivity index is 2.29. The molecular weight excluding hydrogens is 310 g/mol. The van der Waals surface area contributed by atoms with Crippen LogP contribution in [0.4, 0.5) is 5.69 Å². The van der Waals surface area contributed by atoms with E-state index in [0.717, 1.165) is 31.4 Å². The highest BCUT2D eigenvalue weighted by molar-refractivity contribution is 5.35. The van der Waals surface area contributed by atoms with E-state index in [1.54, 1.807) is 7.11 Å². The van der Waals surface area contributed by atoms with Gasteiger partial charge in [0.05, 0.1) is 22.9 Å². The average Bonchev–Trinajstić information content (AvgIpc) is 2.63. The Hall–Kier alpha value is -1.99. The van der Waals surface area contributed by atoms with Crippen molar-refractivity contribution < 1.29 is 4.74 Å². The second-order valence-corrected chi connectivity index (χ2v) is 7.40. The van der Waals surface area contributed by atoms with E-state index in [2.05, 4.69) is 44.1 Å². The van der Waals surface area contributed by atoms with Crippen molar-refractivity contribution in [2.24, 2.45) is 22.1 Å². The summed E-state index contributed by atoms with van der Waals surface area (Å²) >= 11 is 0. The zero-order chi connectivity index (χ0) is 18.3. The minimum Gasteiger partial charge on any atom is -0.374 e. The van der Waals surface area contributed by atoms with Gasteiger partial charge in [-0.2, -0.15) is 15.5 Å². The first-order valence-corrected chi connectivity index (χ1v) is 9.07. The summed E-state index contributed by atoms with van der Waals surface area (Å²) in [6.45, 7) is 6.33. The van der Waals surface area contributed by atoms with Crippen molar-refractivity contribution in [3.63, 3.8) is 0 Å². The molecule has 0 saturated carbocycles. The number of benzene rings is 1. The van der Waals surface area contributed by atoms with Crippen LogP contribution in [0, 0.1) is 23.2 Å². The number of nitrogens with zero attached hydrogens (tertiary/aromatic N) is 3. The Morgan fingerprint density at radius 3 is 2.64 bits per heavy atom. The van der Waals surface area contributed by atoms with Crippen LogP contribution in [0.15, 0.2) is 52.7 Å². The summed E-state index contributed by atoms with van der Waals surface area (Å²) in [6.07, 6.45) is 7.80. The molecule has 0 aromatic heterocycles. The molecule has 1 aromatic carbocycles. The Morgan fingerprint density at radius 1 is 1.32 bits per heavy atom. The molecule has 4 nitrogen and oxygen atoms in total. The van der Waals surface area contributed by atoms with Gasteiger partial charge >= 0.3 is 0 Å². The molecule has 0 spiro atoms. The minimum absolute atomic E-state index is 0.0535. The van der Waals surface area contributed by atoms with Gasteiger partial charge in [0.15, 0.2) is 0 Å². The summed E-state index contributed by atoms with van der Waals surface area (Å²) in [4.78, 5) is 0. The lowest BCUT2D eigenvalue weighted by Gasteiger charge is -2.42. The van der Waals surface area contributed by atoms with Crippen molar-refractivity contribution in [1.29, 1.82) is 5.26 Å². The number of methoxy groups -OCH3 is 1. The third-order valence-corrected chi connectivity index (χ3v) is 5.16. The van der Waals surface area contributed by atoms with E-state index in [1.165, 1.54) is 0 Å². The van der Waals surface area contributed by atoms with Crippen molar-refractivity contribution in [2.75, 3.05) is 7.11 Å². The van der Waals surface area contributed by atoms with Gasteiger partial charge in [-0.15, -0.1) is 0 Å². The normalized spacial score (nSPS) is 30.3. The van der Waals surface area contributed by atoms with Crippen LogP contribution in [0.1, 0.15) is 46.5 Å². The zero-order valence-electron chi connectivity index (χ0n) is 15.8. The van der Waals surface area contributed by atoms with Gasteiger partial charge in [-0.3, -0.25) is 0 Å². The Bertz CT molecular complexity index is 649. The van der Waals surface area contributed by atoms with Crippen LogP contribution in [-0.4, -0.2) is 18.2 Å². The first kappa shape index (κ1) is 19.3. The standard InChI is InChI=1S/C21H29N3O/c1-5-9-17(15-22)14-18-12-13-20(2,25-4)16-21(18,3)24-23-19-10-7-6-8-11-19/h6-8,10-13,17-18H,5,9,14,16H2,1-4H3. The van der Waals surface area contributed by atoms with Gasteiger partial charge in [0.25, 0.3) is 0 Å². The van der Waals surface area contributed by atoms with Crippen LogP contribution < -0.4 is 0 Å². The molecule has 0 saturated heterocycles. The zero-order valence-corrected chi connectivity index (χ0v) is 15.8. The third kappa shape index (κ3) is 4.99. The van der Waals surface area contributed by atoms with Gasteiger partial charge in [0.2, 0.25) is 0 Å². The summed E-state index contributed by atoms with van der Waals surface area (Å²) in [6, 6.07) is 12.2. The van der Waals surface area contributed by atoms with Crippen LogP contribution in [0.3, 0.4) is 0 Å². The number of azo groups is 1. The topological polar surface area (TPSA) is 57.7 Å². The SMILES string of the molecule is CCCC(C#N)CC1C=CC(C)(OC)CC1(C)N=Nc1ccccc1. The molecule has 4 unspecified atom stereocenters. The smallest absolute Gasteiger partial charge is 0.0885 e. The summed E-state index contributed by atoms with van der Waals surface area (Å²) in [5, 5.41) is 18.7. The molecule has 4 heteroatoms. The predicted octanol–water partition coefficient (Wildman–Crippen LogP) is 5.84. The van der Waals surface area contributed by atoms with Crippen LogP contribution in [0.2, 0.25) is 0 Å². The van der Waals surface area contributed by atoms with Crippen molar-refractivity contribution in [3.05, 3.63) is 42.5 Å². The molecule has 1 aromatic rings. The lowest BCUT2D eigenvalue weighted by atomic mass is 9.69. The first-order chi connectivity index (χ1) is 11.9. The van der Waals surface area contributed by atoms with Gasteiger partial charge in [-0.25, -0.2) is 0 Å². The summed E-state index contributed by atoms with van der Waals surface area (Å²) in [7, 11) is 1.73. The second kappa shape index (κ2) is 8.40. The van der Waals surface area contributed by atoms with E-state index in [-0.39, 0.29) is 17.4 Å². The van der Waals surface area contributed by atoms with E-state index in [9.17, 15) is 5.26 Å². The van der Waals surface area contributed by atoms with E-state index in [1.807, 2.05) is 30.3 Å². The molecule has 0 N–H and O–H groups in total. The van der Waals surface area contributed by atoms with Gasteiger partial charge in [0, 0.05) is 25.4 Å². The lowest BCUT2D eigenvalue weighted by molar-refractivity contribution is 0.00693. The largest absolute Gasteiger partial charge is 0.374 e. The fourth-order valence-corrected chi connectivity index (χ4v) is 3.57. The van der Waals surface area contributed by atoms with Crippen LogP contribution >= 0.6 is 0 Å². The fraction of sp³-hybridized carbons (Fsp3) is 0.571. The monoisotopic (exact) mass is 339 g/mol. The van der Waals surface area contributed by atoms with E-state index < -0.39 is 5.54 Å². The minimum atomic E-state index is -0.391. The molecule has 2 rings (SSSR count). The highest BCUT2D eigenvalue weighted by Crippen LogP contribution is 2.42. The maximum absolute atomic E-state index is 9.46. The number of hydrogen-bond donors (Lipinski definition) is 0. The lowest BCUT2D eigenvalue weighted by Crippen LogP contribution is -2.45. The van der Waals surface area contributed by atoms with E-state index in [4.69, 9.17) is 9.85 Å². The van der Waals surface area contributed by atoms with Gasteiger partial charge in [-0.05, 0) is 38.8 Å². The molecule has 1 aliphatic carbocycles. The molecule has 0 radical (unpaired) electrons. The second-order valence-electron chi connectivity index (χ2n) is 7.40. The van der Waals surface area contributed by atoms with Crippen molar-refractivity contribution in [1.82, 2.24) is 0 Å². The van der Waals surface area contributed by atoms with Gasteiger partial charge in [0.1, 0.15) is 0 Å². The van der Waals surface area contributed by atoms with Gasteiger partial charge in [-0.1, -0.05) is 43.7 Å². The molecule has 0 aliphatic heterocycles. The number of rotatable bonds is 7. The van der Waals surface area contributed by atoms with Gasteiger partial charge < -0.3 is 4.74 Å². The highest BCUT2D eigenvalue weighted by Gasteiger charge is 2.43. The number of hydrogen-bond acceptors (Lipinski definition) is 4. The van der Waals surface area contributed by atoms with Crippen LogP contribution in [0.25, 0.3) is 0 Å². The third-order valence-electron chi connectivity index (χ3n) is 5.16.